The topological polar surface area (TPSA) is 64.4 Å². The molecule has 1 aromatic heterocycles. The van der Waals surface area contributed by atoms with Gasteiger partial charge in [0.1, 0.15) is 6.33 Å². The lowest BCUT2D eigenvalue weighted by atomic mass is 10.1. The lowest BCUT2D eigenvalue weighted by Gasteiger charge is -2.14. The summed E-state index contributed by atoms with van der Waals surface area (Å²) in [5.41, 5.74) is -0.0130. The Balaban J connectivity index is 2.27. The van der Waals surface area contributed by atoms with E-state index in [9.17, 15) is 18.4 Å². The van der Waals surface area contributed by atoms with Crippen molar-refractivity contribution in [1.29, 1.82) is 0 Å². The van der Waals surface area contributed by atoms with Gasteiger partial charge in [-0.3, -0.25) is 9.36 Å². The molecule has 0 unspecified atom stereocenters. The van der Waals surface area contributed by atoms with E-state index in [1.165, 1.54) is 28.9 Å². The number of amides is 1. The second kappa shape index (κ2) is 5.45. The maximum absolute atomic E-state index is 14.3. The van der Waals surface area contributed by atoms with Crippen molar-refractivity contribution in [2.24, 2.45) is 0 Å². The van der Waals surface area contributed by atoms with Crippen molar-refractivity contribution in [3.05, 3.63) is 47.0 Å². The van der Waals surface area contributed by atoms with Crippen LogP contribution in [0.5, 0.6) is 0 Å². The highest BCUT2D eigenvalue weighted by molar-refractivity contribution is 5.99. The average molecular weight is 321 g/mol. The minimum Gasteiger partial charge on any atom is -0.461 e. The maximum atomic E-state index is 14.3. The zero-order valence-electron chi connectivity index (χ0n) is 12.5. The zero-order valence-corrected chi connectivity index (χ0v) is 12.5. The molecule has 0 saturated carbocycles. The van der Waals surface area contributed by atoms with E-state index in [1.807, 2.05) is 0 Å². The average Bonchev–Trinajstić information content (AvgIpc) is 2.88. The number of ether oxygens (including phenoxy) is 1. The molecule has 23 heavy (non-hydrogen) atoms. The second-order valence-corrected chi connectivity index (χ2v) is 5.05. The van der Waals surface area contributed by atoms with Gasteiger partial charge in [-0.15, -0.1) is 0 Å². The summed E-state index contributed by atoms with van der Waals surface area (Å²) in [5.74, 6) is -3.40. The van der Waals surface area contributed by atoms with Crippen molar-refractivity contribution in [2.75, 3.05) is 13.7 Å². The highest BCUT2D eigenvalue weighted by Gasteiger charge is 2.31. The Kier molecular flexibility index (Phi) is 3.59. The van der Waals surface area contributed by atoms with Crippen LogP contribution < -0.4 is 0 Å². The van der Waals surface area contributed by atoms with Gasteiger partial charge in [0, 0.05) is 7.05 Å². The van der Waals surface area contributed by atoms with Crippen LogP contribution in [0.25, 0.3) is 5.69 Å². The van der Waals surface area contributed by atoms with Crippen LogP contribution in [0.15, 0.2) is 18.5 Å². The number of hydrogen-bond donors (Lipinski definition) is 0. The number of fused-ring (bicyclic) bond motifs is 3. The van der Waals surface area contributed by atoms with Crippen molar-refractivity contribution in [3.63, 3.8) is 0 Å². The summed E-state index contributed by atoms with van der Waals surface area (Å²) in [6.07, 6.45) is 1.19. The number of hydrogen-bond acceptors (Lipinski definition) is 4. The number of rotatable bonds is 2. The second-order valence-electron chi connectivity index (χ2n) is 5.05. The number of imidazole rings is 1. The molecule has 0 aliphatic carbocycles. The van der Waals surface area contributed by atoms with Gasteiger partial charge < -0.3 is 9.64 Å². The molecule has 0 radical (unpaired) electrons. The third-order valence-corrected chi connectivity index (χ3v) is 3.61. The summed E-state index contributed by atoms with van der Waals surface area (Å²) in [5, 5.41) is 0. The maximum Gasteiger partial charge on any atom is 0.358 e. The van der Waals surface area contributed by atoms with Crippen LogP contribution in [0.4, 0.5) is 8.78 Å². The zero-order chi connectivity index (χ0) is 16.7. The Morgan fingerprint density at radius 2 is 2.13 bits per heavy atom. The predicted molar refractivity (Wildman–Crippen MR) is 75.2 cm³/mol. The van der Waals surface area contributed by atoms with E-state index in [-0.39, 0.29) is 35.8 Å². The molecule has 0 atom stereocenters. The fourth-order valence-electron chi connectivity index (χ4n) is 2.54. The molecule has 6 nitrogen and oxygen atoms in total. The van der Waals surface area contributed by atoms with Crippen LogP contribution in [0.2, 0.25) is 0 Å². The van der Waals surface area contributed by atoms with E-state index in [0.29, 0.717) is 0 Å². The van der Waals surface area contributed by atoms with E-state index in [4.69, 9.17) is 4.74 Å². The SMILES string of the molecule is CCOC(=O)c1ncn2c1CN(C)C(=O)c1ccc(F)c(F)c1-2. The summed E-state index contributed by atoms with van der Waals surface area (Å²) in [7, 11) is 1.50. The molecule has 3 rings (SSSR count). The summed E-state index contributed by atoms with van der Waals surface area (Å²) in [4.78, 5) is 29.6. The smallest absolute Gasteiger partial charge is 0.358 e. The van der Waals surface area contributed by atoms with Gasteiger partial charge in [-0.1, -0.05) is 0 Å². The monoisotopic (exact) mass is 321 g/mol. The Labute approximate surface area is 130 Å². The first kappa shape index (κ1) is 15.1. The molecule has 0 bridgehead atoms. The van der Waals surface area contributed by atoms with Gasteiger partial charge in [0.25, 0.3) is 5.91 Å². The van der Waals surface area contributed by atoms with Crippen LogP contribution in [0.1, 0.15) is 33.5 Å². The summed E-state index contributed by atoms with van der Waals surface area (Å²) < 4.78 is 34.0. The number of carbonyl (C=O) groups excluding carboxylic acids is 2. The first-order chi connectivity index (χ1) is 11.0. The molecule has 1 aliphatic rings. The van der Waals surface area contributed by atoms with Gasteiger partial charge in [-0.25, -0.2) is 18.6 Å². The van der Waals surface area contributed by atoms with Gasteiger partial charge in [-0.2, -0.15) is 0 Å². The molecule has 0 saturated heterocycles. The lowest BCUT2D eigenvalue weighted by molar-refractivity contribution is 0.0516. The van der Waals surface area contributed by atoms with Gasteiger partial charge in [0.15, 0.2) is 17.3 Å². The van der Waals surface area contributed by atoms with Crippen molar-refractivity contribution < 1.29 is 23.1 Å². The number of nitrogens with zero attached hydrogens (tertiary/aromatic N) is 3. The molecule has 2 heterocycles. The fourth-order valence-corrected chi connectivity index (χ4v) is 2.54. The lowest BCUT2D eigenvalue weighted by Crippen LogP contribution is -2.26. The largest absolute Gasteiger partial charge is 0.461 e. The minimum absolute atomic E-state index is 0.00189. The number of halogens is 2. The van der Waals surface area contributed by atoms with Gasteiger partial charge >= 0.3 is 5.97 Å². The Hall–Kier alpha value is -2.77. The van der Waals surface area contributed by atoms with Crippen LogP contribution in [-0.2, 0) is 11.3 Å². The number of aromatic nitrogens is 2. The normalized spacial score (nSPS) is 13.4. The molecule has 0 spiro atoms. The number of carbonyl (C=O) groups is 2. The Bertz CT molecular complexity index is 817. The Morgan fingerprint density at radius 1 is 1.39 bits per heavy atom. The molecule has 0 N–H and O–H groups in total. The molecule has 120 valence electrons. The van der Waals surface area contributed by atoms with Crippen LogP contribution in [0, 0.1) is 11.6 Å². The predicted octanol–water partition coefficient (Wildman–Crippen LogP) is 1.91. The Morgan fingerprint density at radius 3 is 2.83 bits per heavy atom. The van der Waals surface area contributed by atoms with Crippen LogP contribution >= 0.6 is 0 Å². The number of esters is 1. The fraction of sp³-hybridized carbons (Fsp3) is 0.267. The standard InChI is InChI=1S/C15H13F2N3O3/c1-3-23-15(22)12-10-6-19(2)14(21)8-4-5-9(16)11(17)13(8)20(10)7-18-12/h4-5,7H,3,6H2,1-2H3. The van der Waals surface area contributed by atoms with E-state index in [2.05, 4.69) is 4.98 Å². The highest BCUT2D eigenvalue weighted by atomic mass is 19.2. The van der Waals surface area contributed by atoms with E-state index >= 15 is 0 Å². The van der Waals surface area contributed by atoms with E-state index in [1.54, 1.807) is 6.92 Å². The summed E-state index contributed by atoms with van der Waals surface area (Å²) >= 11 is 0. The molecule has 1 aromatic carbocycles. The van der Waals surface area contributed by atoms with Crippen LogP contribution in [0.3, 0.4) is 0 Å². The summed E-state index contributed by atoms with van der Waals surface area (Å²) in [6, 6.07) is 2.11. The third-order valence-electron chi connectivity index (χ3n) is 3.61. The van der Waals surface area contributed by atoms with Gasteiger partial charge in [-0.05, 0) is 19.1 Å². The molecular formula is C15H13F2N3O3. The van der Waals surface area contributed by atoms with Crippen molar-refractivity contribution in [1.82, 2.24) is 14.5 Å². The van der Waals surface area contributed by atoms with Gasteiger partial charge in [0.05, 0.1) is 30.1 Å². The van der Waals surface area contributed by atoms with E-state index < -0.39 is 23.5 Å². The molecule has 1 amide bonds. The first-order valence-corrected chi connectivity index (χ1v) is 6.92. The third kappa shape index (κ3) is 2.26. The highest BCUT2D eigenvalue weighted by Crippen LogP contribution is 2.29. The molecule has 2 aromatic rings. The minimum atomic E-state index is -1.17. The molecule has 0 fully saturated rings. The van der Waals surface area contributed by atoms with Crippen molar-refractivity contribution >= 4 is 11.9 Å². The first-order valence-electron chi connectivity index (χ1n) is 6.92. The van der Waals surface area contributed by atoms with Crippen molar-refractivity contribution in [2.45, 2.75) is 13.5 Å². The van der Waals surface area contributed by atoms with E-state index in [0.717, 1.165) is 6.07 Å². The quantitative estimate of drug-likeness (QED) is 0.793. The number of benzene rings is 1. The van der Waals surface area contributed by atoms with Gasteiger partial charge in [0.2, 0.25) is 0 Å². The molecule has 8 heteroatoms. The molecule has 1 aliphatic heterocycles. The van der Waals surface area contributed by atoms with Crippen LogP contribution in [-0.4, -0.2) is 40.0 Å². The molecular weight excluding hydrogens is 308 g/mol. The van der Waals surface area contributed by atoms with Crippen molar-refractivity contribution in [3.8, 4) is 5.69 Å². The summed E-state index contributed by atoms with van der Waals surface area (Å²) in [6.45, 7) is 1.81.